The van der Waals surface area contributed by atoms with Crippen molar-refractivity contribution in [3.05, 3.63) is 120 Å². The molecule has 2 fully saturated rings. The summed E-state index contributed by atoms with van der Waals surface area (Å²) in [5.74, 6) is 0.0307. The number of carbonyl (C=O) groups is 2. The average molecular weight is 547 g/mol. The minimum absolute atomic E-state index is 0.00743. The molecule has 2 N–H and O–H groups in total. The number of urea groups is 1. The molecule has 2 aliphatic heterocycles. The maximum atomic E-state index is 14.5. The van der Waals surface area contributed by atoms with E-state index in [-0.39, 0.29) is 24.0 Å². The zero-order chi connectivity index (χ0) is 28.2. The molecule has 2 saturated heterocycles. The van der Waals surface area contributed by atoms with Crippen LogP contribution in [0.1, 0.15) is 48.4 Å². The molecule has 2 aliphatic rings. The van der Waals surface area contributed by atoms with Gasteiger partial charge in [-0.25, -0.2) is 4.79 Å². The van der Waals surface area contributed by atoms with Crippen molar-refractivity contribution in [3.8, 4) is 0 Å². The van der Waals surface area contributed by atoms with E-state index in [0.717, 1.165) is 36.0 Å². The van der Waals surface area contributed by atoms with Crippen molar-refractivity contribution in [2.24, 2.45) is 5.73 Å². The van der Waals surface area contributed by atoms with Crippen LogP contribution < -0.4 is 5.73 Å². The van der Waals surface area contributed by atoms with E-state index in [4.69, 9.17) is 5.73 Å². The largest absolute Gasteiger partial charge is 0.330 e. The van der Waals surface area contributed by atoms with Gasteiger partial charge in [-0.15, -0.1) is 0 Å². The van der Waals surface area contributed by atoms with E-state index >= 15 is 0 Å². The number of unbranched alkanes of at least 4 members (excludes halogenated alkanes) is 1. The van der Waals surface area contributed by atoms with Gasteiger partial charge in [-0.1, -0.05) is 97.1 Å². The number of amides is 3. The molecule has 4 aromatic rings. The Morgan fingerprint density at radius 1 is 0.780 bits per heavy atom. The lowest BCUT2D eigenvalue weighted by molar-refractivity contribution is -0.136. The monoisotopic (exact) mass is 546 g/mol. The minimum atomic E-state index is -0.502. The van der Waals surface area contributed by atoms with Gasteiger partial charge < -0.3 is 20.4 Å². The summed E-state index contributed by atoms with van der Waals surface area (Å²) >= 11 is 0. The number of fused-ring (bicyclic) bond motifs is 2. The Morgan fingerprint density at radius 2 is 1.44 bits per heavy atom. The first-order valence-corrected chi connectivity index (χ1v) is 14.8. The molecule has 0 aromatic heterocycles. The van der Waals surface area contributed by atoms with Crippen LogP contribution in [0.5, 0.6) is 0 Å². The quantitative estimate of drug-likeness (QED) is 0.263. The molecule has 6 rings (SSSR count). The van der Waals surface area contributed by atoms with E-state index in [1.807, 2.05) is 63.2 Å². The van der Waals surface area contributed by atoms with Crippen LogP contribution in [-0.2, 0) is 11.3 Å². The number of benzene rings is 4. The lowest BCUT2D eigenvalue weighted by Crippen LogP contribution is -2.50. The topological polar surface area (TPSA) is 69.9 Å². The minimum Gasteiger partial charge on any atom is -0.330 e. The molecule has 2 unspecified atom stereocenters. The molecule has 0 aliphatic carbocycles. The van der Waals surface area contributed by atoms with Gasteiger partial charge in [0.1, 0.15) is 6.04 Å². The van der Waals surface area contributed by atoms with E-state index in [1.165, 1.54) is 10.8 Å². The van der Waals surface area contributed by atoms with Gasteiger partial charge in [-0.2, -0.15) is 0 Å². The summed E-state index contributed by atoms with van der Waals surface area (Å²) in [5, 5.41) is 2.36. The molecule has 6 heteroatoms. The summed E-state index contributed by atoms with van der Waals surface area (Å²) in [6.07, 6.45) is 3.01. The molecule has 0 spiro atoms. The highest BCUT2D eigenvalue weighted by Crippen LogP contribution is 2.36. The molecule has 41 heavy (non-hydrogen) atoms. The fourth-order valence-electron chi connectivity index (χ4n) is 6.58. The number of nitrogens with two attached hydrogens (primary N) is 1. The Kier molecular flexibility index (Phi) is 8.01. The standard InChI is InChI=1S/C35H38N4O2/c36-21-10-9-17-32-34(40)38(33(28-12-3-1-4-13-28)29-14-5-2-6-15-29)22-20-31-25-37(35(41)39(31)32)24-26-18-19-27-11-7-8-16-30(27)23-26/h1-8,11-16,18-19,23,31-33H,9-10,17,20-22,24-25,36H2. The van der Waals surface area contributed by atoms with E-state index in [2.05, 4.69) is 54.6 Å². The summed E-state index contributed by atoms with van der Waals surface area (Å²) in [7, 11) is 0. The van der Waals surface area contributed by atoms with Crippen LogP contribution in [0.15, 0.2) is 103 Å². The van der Waals surface area contributed by atoms with Gasteiger partial charge in [0.05, 0.1) is 12.1 Å². The number of hydrogen-bond acceptors (Lipinski definition) is 3. The fourth-order valence-corrected chi connectivity index (χ4v) is 6.58. The zero-order valence-electron chi connectivity index (χ0n) is 23.4. The van der Waals surface area contributed by atoms with Crippen molar-refractivity contribution in [2.45, 2.75) is 50.4 Å². The van der Waals surface area contributed by atoms with Crippen molar-refractivity contribution in [3.63, 3.8) is 0 Å². The summed E-state index contributed by atoms with van der Waals surface area (Å²) in [6, 6.07) is 34.4. The number of hydrogen-bond donors (Lipinski definition) is 1. The van der Waals surface area contributed by atoms with Crippen LogP contribution in [0.2, 0.25) is 0 Å². The van der Waals surface area contributed by atoms with Crippen molar-refractivity contribution >= 4 is 22.7 Å². The predicted molar refractivity (Wildman–Crippen MR) is 163 cm³/mol. The molecular formula is C35H38N4O2. The predicted octanol–water partition coefficient (Wildman–Crippen LogP) is 5.97. The second kappa shape index (κ2) is 12.1. The molecule has 6 nitrogen and oxygen atoms in total. The van der Waals surface area contributed by atoms with Crippen molar-refractivity contribution in [2.75, 3.05) is 19.6 Å². The summed E-state index contributed by atoms with van der Waals surface area (Å²) in [5.41, 5.74) is 9.11. The third-order valence-electron chi connectivity index (χ3n) is 8.58. The average Bonchev–Trinajstić information content (AvgIpc) is 3.24. The first-order valence-electron chi connectivity index (χ1n) is 14.8. The van der Waals surface area contributed by atoms with Crippen LogP contribution in [0, 0.1) is 0 Å². The lowest BCUT2D eigenvalue weighted by atomic mass is 9.95. The number of nitrogens with zero attached hydrogens (tertiary/aromatic N) is 3. The van der Waals surface area contributed by atoms with Gasteiger partial charge in [0.2, 0.25) is 5.91 Å². The van der Waals surface area contributed by atoms with E-state index in [0.29, 0.717) is 32.6 Å². The smallest absolute Gasteiger partial charge is 0.321 e. The van der Waals surface area contributed by atoms with Gasteiger partial charge in [0.25, 0.3) is 0 Å². The summed E-state index contributed by atoms with van der Waals surface area (Å²) in [6.45, 7) is 2.34. The highest BCUT2D eigenvalue weighted by Gasteiger charge is 2.48. The van der Waals surface area contributed by atoms with Crippen molar-refractivity contribution in [1.82, 2.24) is 14.7 Å². The van der Waals surface area contributed by atoms with Crippen LogP contribution in [0.3, 0.4) is 0 Å². The molecule has 0 saturated carbocycles. The molecular weight excluding hydrogens is 508 g/mol. The lowest BCUT2D eigenvalue weighted by Gasteiger charge is -2.35. The molecule has 0 bridgehead atoms. The van der Waals surface area contributed by atoms with Gasteiger partial charge in [-0.3, -0.25) is 4.79 Å². The second-order valence-corrected chi connectivity index (χ2v) is 11.3. The molecule has 0 radical (unpaired) electrons. The SMILES string of the molecule is NCCCCC1C(=O)N(C(c2ccccc2)c2ccccc2)CCC2CN(Cc3ccc4ccccc4c3)C(=O)N21. The Morgan fingerprint density at radius 3 is 2.12 bits per heavy atom. The van der Waals surface area contributed by atoms with Crippen molar-refractivity contribution in [1.29, 1.82) is 0 Å². The summed E-state index contributed by atoms with van der Waals surface area (Å²) < 4.78 is 0. The van der Waals surface area contributed by atoms with Gasteiger partial charge in [0, 0.05) is 19.6 Å². The zero-order valence-corrected chi connectivity index (χ0v) is 23.4. The molecule has 210 valence electrons. The highest BCUT2D eigenvalue weighted by atomic mass is 16.2. The molecule has 2 heterocycles. The fraction of sp³-hybridized carbons (Fsp3) is 0.314. The molecule has 2 atom stereocenters. The molecule has 4 aromatic carbocycles. The maximum absolute atomic E-state index is 14.5. The highest BCUT2D eigenvalue weighted by molar-refractivity contribution is 5.89. The Hall–Kier alpha value is -4.16. The van der Waals surface area contributed by atoms with Crippen LogP contribution in [0.25, 0.3) is 10.8 Å². The third kappa shape index (κ3) is 5.57. The second-order valence-electron chi connectivity index (χ2n) is 11.3. The summed E-state index contributed by atoms with van der Waals surface area (Å²) in [4.78, 5) is 34.4. The first-order chi connectivity index (χ1) is 20.1. The van der Waals surface area contributed by atoms with Gasteiger partial charge >= 0.3 is 6.03 Å². The van der Waals surface area contributed by atoms with Gasteiger partial charge in [0.15, 0.2) is 0 Å². The Labute approximate surface area is 242 Å². The number of carbonyl (C=O) groups excluding carboxylic acids is 2. The van der Waals surface area contributed by atoms with Crippen LogP contribution in [0.4, 0.5) is 4.79 Å². The maximum Gasteiger partial charge on any atom is 0.321 e. The van der Waals surface area contributed by atoms with E-state index in [1.54, 1.807) is 0 Å². The number of rotatable bonds is 9. The normalized spacial score (nSPS) is 19.2. The van der Waals surface area contributed by atoms with E-state index < -0.39 is 6.04 Å². The van der Waals surface area contributed by atoms with Crippen LogP contribution in [-0.4, -0.2) is 58.4 Å². The Bertz CT molecular complexity index is 1450. The molecule has 3 amide bonds. The van der Waals surface area contributed by atoms with Crippen molar-refractivity contribution < 1.29 is 9.59 Å². The van der Waals surface area contributed by atoms with Crippen LogP contribution >= 0.6 is 0 Å². The third-order valence-corrected chi connectivity index (χ3v) is 8.58. The van der Waals surface area contributed by atoms with E-state index in [9.17, 15) is 9.59 Å². The Balaban J connectivity index is 1.30. The van der Waals surface area contributed by atoms with Gasteiger partial charge in [-0.05, 0) is 65.8 Å². The first kappa shape index (κ1) is 27.0.